The summed E-state index contributed by atoms with van der Waals surface area (Å²) in [5.74, 6) is -1.36. The molecule has 0 atom stereocenters. The van der Waals surface area contributed by atoms with Gasteiger partial charge in [0.05, 0.1) is 0 Å². The normalized spacial score (nSPS) is 10.8. The quantitative estimate of drug-likeness (QED) is 0.608. The Bertz CT molecular complexity index is 787. The van der Waals surface area contributed by atoms with E-state index < -0.39 is 28.5 Å². The van der Waals surface area contributed by atoms with Gasteiger partial charge in [-0.3, -0.25) is 24.1 Å². The summed E-state index contributed by atoms with van der Waals surface area (Å²) in [6.07, 6.45) is 5.74. The molecule has 0 bridgehead atoms. The van der Waals surface area contributed by atoms with Crippen LogP contribution in [0.1, 0.15) is 15.9 Å². The van der Waals surface area contributed by atoms with E-state index in [2.05, 4.69) is 4.98 Å². The first-order chi connectivity index (χ1) is 9.50. The molecule has 2 aromatic heterocycles. The van der Waals surface area contributed by atoms with Crippen molar-refractivity contribution in [1.29, 1.82) is 0 Å². The third kappa shape index (κ3) is 2.56. The molecule has 2 rings (SSSR count). The van der Waals surface area contributed by atoms with Crippen molar-refractivity contribution in [1.82, 2.24) is 14.5 Å². The summed E-state index contributed by atoms with van der Waals surface area (Å²) in [5, 5.41) is 9.71. The molecule has 0 aromatic carbocycles. The van der Waals surface area contributed by atoms with E-state index in [1.54, 1.807) is 24.5 Å². The van der Waals surface area contributed by atoms with Crippen LogP contribution in [0.2, 0.25) is 0 Å². The Kier molecular flexibility index (Phi) is 3.60. The molecular weight excluding hydrogens is 262 g/mol. The molecule has 0 saturated carbocycles. The molecule has 7 heteroatoms. The molecule has 2 N–H and O–H groups in total. The van der Waals surface area contributed by atoms with Crippen molar-refractivity contribution < 1.29 is 9.90 Å². The first-order valence-corrected chi connectivity index (χ1v) is 5.65. The Balaban J connectivity index is 2.41. The minimum Gasteiger partial charge on any atom is -0.494 e. The number of aromatic hydroxyl groups is 1. The standard InChI is InChI=1S/C13H11N3O4/c1-16-12(19)10(11(18)15-13(16)20)9(17)3-2-8-4-6-14-7-5-8/h2-7,19H,1H3,(H,15,18,20)/b3-2+. The summed E-state index contributed by atoms with van der Waals surface area (Å²) < 4.78 is 0.787. The minimum atomic E-state index is -0.921. The zero-order chi connectivity index (χ0) is 14.7. The monoisotopic (exact) mass is 273 g/mol. The molecule has 0 radical (unpaired) electrons. The lowest BCUT2D eigenvalue weighted by molar-refractivity contribution is 0.104. The Morgan fingerprint density at radius 3 is 2.65 bits per heavy atom. The highest BCUT2D eigenvalue weighted by Crippen LogP contribution is 2.10. The topological polar surface area (TPSA) is 105 Å². The lowest BCUT2D eigenvalue weighted by atomic mass is 10.1. The van der Waals surface area contributed by atoms with Crippen LogP contribution >= 0.6 is 0 Å². The fourth-order valence-electron chi connectivity index (χ4n) is 1.56. The number of allylic oxidation sites excluding steroid dienone is 1. The minimum absolute atomic E-state index is 0.475. The first-order valence-electron chi connectivity index (χ1n) is 5.65. The van der Waals surface area contributed by atoms with Gasteiger partial charge in [0.15, 0.2) is 5.78 Å². The van der Waals surface area contributed by atoms with Gasteiger partial charge in [-0.25, -0.2) is 4.79 Å². The summed E-state index contributed by atoms with van der Waals surface area (Å²) in [4.78, 5) is 40.5. The Labute approximate surface area is 112 Å². The van der Waals surface area contributed by atoms with Crippen LogP contribution in [0, 0.1) is 0 Å². The smallest absolute Gasteiger partial charge is 0.330 e. The van der Waals surface area contributed by atoms with E-state index in [0.29, 0.717) is 5.56 Å². The number of aromatic nitrogens is 3. The van der Waals surface area contributed by atoms with Crippen molar-refractivity contribution in [2.45, 2.75) is 0 Å². The highest BCUT2D eigenvalue weighted by Gasteiger charge is 2.17. The Morgan fingerprint density at radius 1 is 1.35 bits per heavy atom. The second kappa shape index (κ2) is 5.35. The molecule has 2 aromatic rings. The van der Waals surface area contributed by atoms with Crippen molar-refractivity contribution >= 4 is 11.9 Å². The number of pyridine rings is 1. The van der Waals surface area contributed by atoms with E-state index in [9.17, 15) is 19.5 Å². The summed E-state index contributed by atoms with van der Waals surface area (Å²) in [5.41, 5.74) is -1.47. The molecule has 102 valence electrons. The molecule has 0 unspecified atom stereocenters. The Hall–Kier alpha value is -2.96. The zero-order valence-corrected chi connectivity index (χ0v) is 10.5. The average Bonchev–Trinajstić information content (AvgIpc) is 2.44. The van der Waals surface area contributed by atoms with Gasteiger partial charge in [-0.1, -0.05) is 6.08 Å². The number of nitrogens with one attached hydrogen (secondary N) is 1. The van der Waals surface area contributed by atoms with Gasteiger partial charge in [0, 0.05) is 19.4 Å². The molecule has 0 aliphatic carbocycles. The van der Waals surface area contributed by atoms with Crippen LogP contribution in [-0.2, 0) is 7.05 Å². The second-order valence-corrected chi connectivity index (χ2v) is 4.00. The number of rotatable bonds is 3. The number of carbonyl (C=O) groups is 1. The van der Waals surface area contributed by atoms with Crippen LogP contribution in [0.3, 0.4) is 0 Å². The Morgan fingerprint density at radius 2 is 2.00 bits per heavy atom. The largest absolute Gasteiger partial charge is 0.494 e. The van der Waals surface area contributed by atoms with Gasteiger partial charge in [-0.2, -0.15) is 0 Å². The number of aromatic amines is 1. The fraction of sp³-hybridized carbons (Fsp3) is 0.0769. The molecular formula is C13H11N3O4. The van der Waals surface area contributed by atoms with Crippen LogP contribution in [0.15, 0.2) is 40.2 Å². The van der Waals surface area contributed by atoms with Crippen LogP contribution in [0.4, 0.5) is 0 Å². The summed E-state index contributed by atoms with van der Waals surface area (Å²) in [7, 11) is 1.25. The number of nitrogens with zero attached hydrogens (tertiary/aromatic N) is 2. The summed E-state index contributed by atoms with van der Waals surface area (Å²) >= 11 is 0. The number of hydrogen-bond acceptors (Lipinski definition) is 5. The lowest BCUT2D eigenvalue weighted by Crippen LogP contribution is -2.32. The van der Waals surface area contributed by atoms with E-state index in [0.717, 1.165) is 10.6 Å². The highest BCUT2D eigenvalue weighted by atomic mass is 16.3. The lowest BCUT2D eigenvalue weighted by Gasteiger charge is -2.03. The van der Waals surface area contributed by atoms with Crippen molar-refractivity contribution in [2.75, 3.05) is 0 Å². The average molecular weight is 273 g/mol. The number of H-pyrrole nitrogens is 1. The van der Waals surface area contributed by atoms with Crippen LogP contribution in [0.5, 0.6) is 5.88 Å². The van der Waals surface area contributed by atoms with Gasteiger partial charge < -0.3 is 5.11 Å². The van der Waals surface area contributed by atoms with E-state index in [4.69, 9.17) is 0 Å². The van der Waals surface area contributed by atoms with Crippen molar-refractivity contribution in [3.05, 3.63) is 62.6 Å². The molecule has 2 heterocycles. The molecule has 0 fully saturated rings. The predicted molar refractivity (Wildman–Crippen MR) is 71.6 cm³/mol. The fourth-order valence-corrected chi connectivity index (χ4v) is 1.56. The van der Waals surface area contributed by atoms with E-state index in [1.807, 2.05) is 4.98 Å². The number of carbonyl (C=O) groups excluding carboxylic acids is 1. The summed E-state index contributed by atoms with van der Waals surface area (Å²) in [6.45, 7) is 0. The van der Waals surface area contributed by atoms with Crippen LogP contribution in [0.25, 0.3) is 6.08 Å². The summed E-state index contributed by atoms with van der Waals surface area (Å²) in [6, 6.07) is 3.35. The van der Waals surface area contributed by atoms with Gasteiger partial charge in [0.1, 0.15) is 5.56 Å². The van der Waals surface area contributed by atoms with Crippen LogP contribution in [-0.4, -0.2) is 25.4 Å². The third-order valence-corrected chi connectivity index (χ3v) is 2.67. The predicted octanol–water partition coefficient (Wildman–Crippen LogP) is 0.0703. The zero-order valence-electron chi connectivity index (χ0n) is 10.5. The van der Waals surface area contributed by atoms with Gasteiger partial charge in [-0.15, -0.1) is 0 Å². The molecule has 7 nitrogen and oxygen atoms in total. The molecule has 0 aliphatic rings. The van der Waals surface area contributed by atoms with Gasteiger partial charge >= 0.3 is 5.69 Å². The van der Waals surface area contributed by atoms with E-state index >= 15 is 0 Å². The van der Waals surface area contributed by atoms with E-state index in [-0.39, 0.29) is 0 Å². The highest BCUT2D eigenvalue weighted by molar-refractivity contribution is 6.07. The maximum Gasteiger partial charge on any atom is 0.330 e. The second-order valence-electron chi connectivity index (χ2n) is 4.00. The van der Waals surface area contributed by atoms with E-state index in [1.165, 1.54) is 13.1 Å². The molecule has 0 amide bonds. The van der Waals surface area contributed by atoms with Gasteiger partial charge in [0.25, 0.3) is 5.56 Å². The molecule has 0 aliphatic heterocycles. The number of hydrogen-bond donors (Lipinski definition) is 2. The van der Waals surface area contributed by atoms with Gasteiger partial charge in [-0.05, 0) is 23.8 Å². The van der Waals surface area contributed by atoms with Crippen molar-refractivity contribution in [2.24, 2.45) is 7.05 Å². The van der Waals surface area contributed by atoms with Gasteiger partial charge in [0.2, 0.25) is 5.88 Å². The maximum absolute atomic E-state index is 11.9. The molecule has 0 spiro atoms. The van der Waals surface area contributed by atoms with Crippen molar-refractivity contribution in [3.8, 4) is 5.88 Å². The first kappa shape index (κ1) is 13.5. The van der Waals surface area contributed by atoms with Crippen LogP contribution < -0.4 is 11.2 Å². The molecule has 20 heavy (non-hydrogen) atoms. The maximum atomic E-state index is 11.9. The molecule has 0 saturated heterocycles. The number of ketones is 1. The van der Waals surface area contributed by atoms with Crippen molar-refractivity contribution in [3.63, 3.8) is 0 Å². The SMILES string of the molecule is Cn1c(O)c(C(=O)/C=C/c2ccncc2)c(=O)[nH]c1=O. The third-order valence-electron chi connectivity index (χ3n) is 2.67.